The molecule has 2 heterocycles. The highest BCUT2D eigenvalue weighted by molar-refractivity contribution is 9.10. The number of aryl methyl sites for hydroxylation is 1. The van der Waals surface area contributed by atoms with E-state index in [1.54, 1.807) is 0 Å². The Labute approximate surface area is 152 Å². The highest BCUT2D eigenvalue weighted by atomic mass is 79.9. The molecular weight excluding hydrogens is 380 g/mol. The number of anilines is 2. The first kappa shape index (κ1) is 15.6. The van der Waals surface area contributed by atoms with E-state index in [1.165, 1.54) is 0 Å². The van der Waals surface area contributed by atoms with Gasteiger partial charge in [-0.3, -0.25) is 4.57 Å². The van der Waals surface area contributed by atoms with E-state index in [4.69, 9.17) is 11.5 Å². The van der Waals surface area contributed by atoms with Crippen molar-refractivity contribution in [3.8, 4) is 16.9 Å². The predicted octanol–water partition coefficient (Wildman–Crippen LogP) is 3.72. The zero-order valence-corrected chi connectivity index (χ0v) is 15.0. The van der Waals surface area contributed by atoms with E-state index in [9.17, 15) is 0 Å². The molecule has 4 rings (SSSR count). The highest BCUT2D eigenvalue weighted by Gasteiger charge is 2.19. The first-order valence-corrected chi connectivity index (χ1v) is 8.47. The fourth-order valence-corrected chi connectivity index (χ4v) is 3.22. The van der Waals surface area contributed by atoms with Gasteiger partial charge in [0, 0.05) is 4.47 Å². The lowest BCUT2D eigenvalue weighted by molar-refractivity contribution is 0.952. The van der Waals surface area contributed by atoms with Crippen LogP contribution in [0.5, 0.6) is 0 Å². The van der Waals surface area contributed by atoms with Gasteiger partial charge in [-0.2, -0.15) is 9.97 Å². The number of nitrogens with zero attached hydrogens (tertiary/aromatic N) is 4. The Morgan fingerprint density at radius 3 is 2.40 bits per heavy atom. The number of fused-ring (bicyclic) bond motifs is 1. The molecular formula is C18H15BrN6. The molecule has 4 N–H and O–H groups in total. The fourth-order valence-electron chi connectivity index (χ4n) is 2.95. The molecule has 2 aromatic heterocycles. The Bertz CT molecular complexity index is 1080. The van der Waals surface area contributed by atoms with Gasteiger partial charge in [0.15, 0.2) is 5.82 Å². The van der Waals surface area contributed by atoms with Gasteiger partial charge in [0.25, 0.3) is 0 Å². The summed E-state index contributed by atoms with van der Waals surface area (Å²) in [5.41, 5.74) is 15.6. The van der Waals surface area contributed by atoms with Crippen LogP contribution in [0.15, 0.2) is 53.0 Å². The maximum Gasteiger partial charge on any atom is 0.224 e. The highest BCUT2D eigenvalue weighted by Crippen LogP contribution is 2.33. The molecule has 124 valence electrons. The van der Waals surface area contributed by atoms with Crippen molar-refractivity contribution in [1.29, 1.82) is 0 Å². The summed E-state index contributed by atoms with van der Waals surface area (Å²) in [6.45, 7) is 1.93. The van der Waals surface area contributed by atoms with Crippen molar-refractivity contribution in [2.24, 2.45) is 0 Å². The van der Waals surface area contributed by atoms with Gasteiger partial charge in [0.05, 0.1) is 16.6 Å². The fraction of sp³-hybridized carbons (Fsp3) is 0.0556. The van der Waals surface area contributed by atoms with Gasteiger partial charge in [-0.15, -0.1) is 0 Å². The maximum atomic E-state index is 6.22. The SMILES string of the molecule is Cc1nc2ccccc2n1-c1nc(N)nc(N)c1-c1ccc(Br)cc1. The summed E-state index contributed by atoms with van der Waals surface area (Å²) in [7, 11) is 0. The molecule has 0 saturated carbocycles. The monoisotopic (exact) mass is 394 g/mol. The molecule has 25 heavy (non-hydrogen) atoms. The first-order valence-electron chi connectivity index (χ1n) is 7.68. The number of para-hydroxylation sites is 2. The number of halogens is 1. The minimum absolute atomic E-state index is 0.130. The van der Waals surface area contributed by atoms with Crippen LogP contribution in [0, 0.1) is 6.92 Å². The molecule has 0 aliphatic carbocycles. The zero-order chi connectivity index (χ0) is 17.6. The number of imidazole rings is 1. The van der Waals surface area contributed by atoms with Gasteiger partial charge in [-0.1, -0.05) is 40.2 Å². The third kappa shape index (κ3) is 2.62. The number of benzene rings is 2. The molecule has 2 aromatic carbocycles. The quantitative estimate of drug-likeness (QED) is 0.539. The average Bonchev–Trinajstić information content (AvgIpc) is 2.91. The molecule has 0 unspecified atom stereocenters. The van der Waals surface area contributed by atoms with Crippen LogP contribution in [0.1, 0.15) is 5.82 Å². The van der Waals surface area contributed by atoms with Gasteiger partial charge < -0.3 is 11.5 Å². The lowest BCUT2D eigenvalue weighted by Crippen LogP contribution is -2.10. The van der Waals surface area contributed by atoms with Crippen LogP contribution in [0.3, 0.4) is 0 Å². The average molecular weight is 395 g/mol. The molecule has 7 heteroatoms. The van der Waals surface area contributed by atoms with Crippen LogP contribution in [0.2, 0.25) is 0 Å². The number of nitrogens with two attached hydrogens (primary N) is 2. The van der Waals surface area contributed by atoms with Crippen LogP contribution in [0.4, 0.5) is 11.8 Å². The summed E-state index contributed by atoms with van der Waals surface area (Å²) in [6.07, 6.45) is 0. The van der Waals surface area contributed by atoms with E-state index in [0.717, 1.165) is 32.5 Å². The Morgan fingerprint density at radius 1 is 0.920 bits per heavy atom. The molecule has 0 saturated heterocycles. The molecule has 0 spiro atoms. The van der Waals surface area contributed by atoms with Crippen molar-refractivity contribution in [2.75, 3.05) is 11.5 Å². The summed E-state index contributed by atoms with van der Waals surface area (Å²) < 4.78 is 2.94. The molecule has 0 aliphatic heterocycles. The second kappa shape index (κ2) is 5.86. The van der Waals surface area contributed by atoms with Gasteiger partial charge in [-0.05, 0) is 36.8 Å². The Morgan fingerprint density at radius 2 is 1.64 bits per heavy atom. The molecule has 0 atom stereocenters. The second-order valence-corrected chi connectivity index (χ2v) is 6.57. The van der Waals surface area contributed by atoms with Crippen molar-refractivity contribution < 1.29 is 0 Å². The molecule has 0 bridgehead atoms. The van der Waals surface area contributed by atoms with Gasteiger partial charge in [-0.25, -0.2) is 4.98 Å². The van der Waals surface area contributed by atoms with E-state index < -0.39 is 0 Å². The van der Waals surface area contributed by atoms with Crippen LogP contribution >= 0.6 is 15.9 Å². The summed E-state index contributed by atoms with van der Waals surface area (Å²) in [6, 6.07) is 15.7. The predicted molar refractivity (Wildman–Crippen MR) is 103 cm³/mol. The van der Waals surface area contributed by atoms with Crippen molar-refractivity contribution in [2.45, 2.75) is 6.92 Å². The molecule has 0 amide bonds. The standard InChI is InChI=1S/C18H15BrN6/c1-10-22-13-4-2-3-5-14(13)25(10)17-15(16(20)23-18(21)24-17)11-6-8-12(19)9-7-11/h2-9H,1H3,(H4,20,21,23,24). The molecule has 0 aliphatic rings. The minimum Gasteiger partial charge on any atom is -0.383 e. The summed E-state index contributed by atoms with van der Waals surface area (Å²) in [5.74, 6) is 1.89. The lowest BCUT2D eigenvalue weighted by Gasteiger charge is -2.14. The number of nitrogen functional groups attached to an aromatic ring is 2. The third-order valence-electron chi connectivity index (χ3n) is 4.01. The largest absolute Gasteiger partial charge is 0.383 e. The van der Waals surface area contributed by atoms with Gasteiger partial charge in [0.2, 0.25) is 5.95 Å². The number of aromatic nitrogens is 4. The number of hydrogen-bond acceptors (Lipinski definition) is 5. The second-order valence-electron chi connectivity index (χ2n) is 5.66. The minimum atomic E-state index is 0.130. The van der Waals surface area contributed by atoms with Crippen LogP contribution in [-0.2, 0) is 0 Å². The third-order valence-corrected chi connectivity index (χ3v) is 4.54. The lowest BCUT2D eigenvalue weighted by atomic mass is 10.1. The summed E-state index contributed by atoms with van der Waals surface area (Å²) in [4.78, 5) is 13.2. The summed E-state index contributed by atoms with van der Waals surface area (Å²) >= 11 is 3.45. The van der Waals surface area contributed by atoms with Crippen molar-refractivity contribution in [1.82, 2.24) is 19.5 Å². The van der Waals surface area contributed by atoms with Crippen LogP contribution in [-0.4, -0.2) is 19.5 Å². The topological polar surface area (TPSA) is 95.6 Å². The normalized spacial score (nSPS) is 11.1. The van der Waals surface area contributed by atoms with Crippen LogP contribution in [0.25, 0.3) is 28.0 Å². The van der Waals surface area contributed by atoms with Crippen LogP contribution < -0.4 is 11.5 Å². The van der Waals surface area contributed by atoms with E-state index in [-0.39, 0.29) is 5.95 Å². The molecule has 4 aromatic rings. The smallest absolute Gasteiger partial charge is 0.224 e. The molecule has 0 radical (unpaired) electrons. The Balaban J connectivity index is 2.07. The number of hydrogen-bond donors (Lipinski definition) is 2. The van der Waals surface area contributed by atoms with E-state index in [1.807, 2.05) is 60.0 Å². The van der Waals surface area contributed by atoms with E-state index in [2.05, 4.69) is 30.9 Å². The molecule has 6 nitrogen and oxygen atoms in total. The summed E-state index contributed by atoms with van der Waals surface area (Å²) in [5, 5.41) is 0. The Hall–Kier alpha value is -2.93. The Kier molecular flexibility index (Phi) is 3.65. The molecule has 0 fully saturated rings. The number of rotatable bonds is 2. The maximum absolute atomic E-state index is 6.22. The van der Waals surface area contributed by atoms with Gasteiger partial charge in [0.1, 0.15) is 11.6 Å². The van der Waals surface area contributed by atoms with E-state index in [0.29, 0.717) is 11.6 Å². The van der Waals surface area contributed by atoms with E-state index >= 15 is 0 Å². The van der Waals surface area contributed by atoms with Crippen molar-refractivity contribution in [3.63, 3.8) is 0 Å². The van der Waals surface area contributed by atoms with Crippen molar-refractivity contribution in [3.05, 3.63) is 58.8 Å². The van der Waals surface area contributed by atoms with Crippen molar-refractivity contribution >= 4 is 38.7 Å². The van der Waals surface area contributed by atoms with Gasteiger partial charge >= 0.3 is 0 Å². The zero-order valence-electron chi connectivity index (χ0n) is 13.4. The first-order chi connectivity index (χ1) is 12.0.